The van der Waals surface area contributed by atoms with E-state index >= 15 is 0 Å². The number of ketones is 1. The van der Waals surface area contributed by atoms with Crippen LogP contribution in [0.15, 0.2) is 16.5 Å². The SMILES string of the molecule is CCOC(=O)c1oc2c(C(C)=O)ccc(O)c2c1C. The summed E-state index contributed by atoms with van der Waals surface area (Å²) in [6.07, 6.45) is 0. The van der Waals surface area contributed by atoms with Crippen molar-refractivity contribution in [2.45, 2.75) is 20.8 Å². The molecule has 1 N–H and O–H groups in total. The van der Waals surface area contributed by atoms with Crippen LogP contribution in [0.1, 0.15) is 40.3 Å². The molecule has 1 aromatic heterocycles. The number of hydrogen-bond acceptors (Lipinski definition) is 5. The molecular weight excluding hydrogens is 248 g/mol. The van der Waals surface area contributed by atoms with Gasteiger partial charge >= 0.3 is 5.97 Å². The number of ether oxygens (including phenoxy) is 1. The Labute approximate surface area is 109 Å². The Morgan fingerprint density at radius 3 is 2.63 bits per heavy atom. The molecule has 0 amide bonds. The van der Waals surface area contributed by atoms with E-state index in [4.69, 9.17) is 9.15 Å². The summed E-state index contributed by atoms with van der Waals surface area (Å²) in [4.78, 5) is 23.3. The van der Waals surface area contributed by atoms with Crippen molar-refractivity contribution in [1.29, 1.82) is 0 Å². The third-order valence-corrected chi connectivity index (χ3v) is 2.90. The van der Waals surface area contributed by atoms with Gasteiger partial charge < -0.3 is 14.3 Å². The molecule has 0 atom stereocenters. The van der Waals surface area contributed by atoms with E-state index in [1.54, 1.807) is 13.8 Å². The number of phenolic OH excluding ortho intramolecular Hbond substituents is 1. The van der Waals surface area contributed by atoms with Crippen LogP contribution in [0, 0.1) is 6.92 Å². The lowest BCUT2D eigenvalue weighted by Crippen LogP contribution is -2.04. The van der Waals surface area contributed by atoms with Crippen LogP contribution in [0.25, 0.3) is 11.0 Å². The molecule has 2 rings (SSSR count). The molecule has 0 aliphatic rings. The molecule has 0 fully saturated rings. The first-order valence-corrected chi connectivity index (χ1v) is 5.90. The number of aryl methyl sites for hydroxylation is 1. The lowest BCUT2D eigenvalue weighted by molar-refractivity contribution is 0.0491. The topological polar surface area (TPSA) is 76.7 Å². The first kappa shape index (κ1) is 13.1. The molecule has 19 heavy (non-hydrogen) atoms. The van der Waals surface area contributed by atoms with E-state index < -0.39 is 5.97 Å². The molecule has 0 radical (unpaired) electrons. The van der Waals surface area contributed by atoms with Crippen molar-refractivity contribution in [2.24, 2.45) is 0 Å². The fourth-order valence-electron chi connectivity index (χ4n) is 2.00. The van der Waals surface area contributed by atoms with Crippen LogP contribution in [0.2, 0.25) is 0 Å². The van der Waals surface area contributed by atoms with E-state index in [9.17, 15) is 14.7 Å². The predicted octanol–water partition coefficient (Wildman–Crippen LogP) is 2.83. The summed E-state index contributed by atoms with van der Waals surface area (Å²) in [7, 11) is 0. The molecule has 0 bridgehead atoms. The fourth-order valence-corrected chi connectivity index (χ4v) is 2.00. The molecule has 0 aliphatic carbocycles. The Morgan fingerprint density at radius 1 is 1.37 bits per heavy atom. The average Bonchev–Trinajstić information content (AvgIpc) is 2.68. The van der Waals surface area contributed by atoms with Gasteiger partial charge in [0.25, 0.3) is 0 Å². The summed E-state index contributed by atoms with van der Waals surface area (Å²) in [5.41, 5.74) is 1.01. The highest BCUT2D eigenvalue weighted by Gasteiger charge is 2.23. The second-order valence-electron chi connectivity index (χ2n) is 4.17. The highest BCUT2D eigenvalue weighted by molar-refractivity contribution is 6.09. The highest BCUT2D eigenvalue weighted by Crippen LogP contribution is 2.35. The maximum atomic E-state index is 11.7. The minimum absolute atomic E-state index is 0.0147. The van der Waals surface area contributed by atoms with Crippen molar-refractivity contribution in [2.75, 3.05) is 6.61 Å². The Morgan fingerprint density at radius 2 is 2.05 bits per heavy atom. The summed E-state index contributed by atoms with van der Waals surface area (Å²) < 4.78 is 10.3. The minimum Gasteiger partial charge on any atom is -0.507 e. The Bertz CT molecular complexity index is 666. The van der Waals surface area contributed by atoms with E-state index in [-0.39, 0.29) is 29.5 Å². The fraction of sp³-hybridized carbons (Fsp3) is 0.286. The zero-order valence-corrected chi connectivity index (χ0v) is 10.9. The maximum Gasteiger partial charge on any atom is 0.374 e. The van der Waals surface area contributed by atoms with Gasteiger partial charge in [0.2, 0.25) is 5.76 Å². The van der Waals surface area contributed by atoms with Gasteiger partial charge in [-0.15, -0.1) is 0 Å². The van der Waals surface area contributed by atoms with Crippen LogP contribution < -0.4 is 0 Å². The Kier molecular flexibility index (Phi) is 3.29. The van der Waals surface area contributed by atoms with Gasteiger partial charge in [0.05, 0.1) is 17.6 Å². The van der Waals surface area contributed by atoms with Crippen LogP contribution >= 0.6 is 0 Å². The van der Waals surface area contributed by atoms with Crippen LogP contribution in [-0.4, -0.2) is 23.5 Å². The zero-order chi connectivity index (χ0) is 14.2. The largest absolute Gasteiger partial charge is 0.507 e. The van der Waals surface area contributed by atoms with Gasteiger partial charge in [0.1, 0.15) is 11.3 Å². The molecule has 1 heterocycles. The molecule has 2 aromatic rings. The van der Waals surface area contributed by atoms with Crippen LogP contribution in [0.3, 0.4) is 0 Å². The summed E-state index contributed by atoms with van der Waals surface area (Å²) in [5, 5.41) is 10.2. The van der Waals surface area contributed by atoms with Gasteiger partial charge in [0, 0.05) is 5.56 Å². The third-order valence-electron chi connectivity index (χ3n) is 2.90. The lowest BCUT2D eigenvalue weighted by atomic mass is 10.1. The summed E-state index contributed by atoms with van der Waals surface area (Å²) >= 11 is 0. The van der Waals surface area contributed by atoms with Crippen molar-refractivity contribution in [1.82, 2.24) is 0 Å². The number of esters is 1. The molecule has 100 valence electrons. The number of Topliss-reactive ketones (excluding diaryl/α,β-unsaturated/α-hetero) is 1. The number of rotatable bonds is 3. The number of aromatic hydroxyl groups is 1. The second-order valence-corrected chi connectivity index (χ2v) is 4.17. The predicted molar refractivity (Wildman–Crippen MR) is 68.6 cm³/mol. The molecule has 5 nitrogen and oxygen atoms in total. The van der Waals surface area contributed by atoms with Crippen molar-refractivity contribution in [3.8, 4) is 5.75 Å². The maximum absolute atomic E-state index is 11.7. The summed E-state index contributed by atoms with van der Waals surface area (Å²) in [6, 6.07) is 2.88. The lowest BCUT2D eigenvalue weighted by Gasteiger charge is -1.99. The molecule has 0 aliphatic heterocycles. The zero-order valence-electron chi connectivity index (χ0n) is 10.9. The van der Waals surface area contributed by atoms with Crippen LogP contribution in [0.4, 0.5) is 0 Å². The second kappa shape index (κ2) is 4.76. The standard InChI is InChI=1S/C14H14O5/c1-4-18-14(17)12-7(2)11-10(16)6-5-9(8(3)15)13(11)19-12/h5-6,16H,4H2,1-3H3. The van der Waals surface area contributed by atoms with Gasteiger partial charge in [-0.3, -0.25) is 4.79 Å². The van der Waals surface area contributed by atoms with E-state index in [0.29, 0.717) is 16.5 Å². The molecule has 0 saturated carbocycles. The molecule has 5 heteroatoms. The number of carbonyl (C=O) groups excluding carboxylic acids is 2. The number of hydrogen-bond donors (Lipinski definition) is 1. The molecular formula is C14H14O5. The van der Waals surface area contributed by atoms with Gasteiger partial charge in [-0.2, -0.15) is 0 Å². The Balaban J connectivity index is 2.74. The summed E-state index contributed by atoms with van der Waals surface area (Å²) in [6.45, 7) is 4.95. The van der Waals surface area contributed by atoms with Crippen LogP contribution in [0.5, 0.6) is 5.75 Å². The number of fused-ring (bicyclic) bond motifs is 1. The molecule has 0 unspecified atom stereocenters. The third kappa shape index (κ3) is 2.07. The number of carbonyl (C=O) groups is 2. The van der Waals surface area contributed by atoms with Gasteiger partial charge in [-0.05, 0) is 32.9 Å². The first-order chi connectivity index (χ1) is 8.97. The van der Waals surface area contributed by atoms with E-state index in [0.717, 1.165) is 0 Å². The normalized spacial score (nSPS) is 10.7. The van der Waals surface area contributed by atoms with Crippen molar-refractivity contribution in [3.63, 3.8) is 0 Å². The van der Waals surface area contributed by atoms with E-state index in [1.165, 1.54) is 19.1 Å². The first-order valence-electron chi connectivity index (χ1n) is 5.90. The van der Waals surface area contributed by atoms with Crippen molar-refractivity contribution >= 4 is 22.7 Å². The monoisotopic (exact) mass is 262 g/mol. The average molecular weight is 262 g/mol. The minimum atomic E-state index is -0.606. The van der Waals surface area contributed by atoms with Gasteiger partial charge in [-0.1, -0.05) is 0 Å². The summed E-state index contributed by atoms with van der Waals surface area (Å²) in [5.74, 6) is -0.822. The van der Waals surface area contributed by atoms with E-state index in [1.807, 2.05) is 0 Å². The van der Waals surface area contributed by atoms with E-state index in [2.05, 4.69) is 0 Å². The number of benzene rings is 1. The Hall–Kier alpha value is -2.30. The smallest absolute Gasteiger partial charge is 0.374 e. The van der Waals surface area contributed by atoms with Crippen molar-refractivity contribution < 1.29 is 23.8 Å². The number of furan rings is 1. The van der Waals surface area contributed by atoms with Gasteiger partial charge in [0.15, 0.2) is 5.78 Å². The van der Waals surface area contributed by atoms with Crippen molar-refractivity contribution in [3.05, 3.63) is 29.0 Å². The molecule has 0 spiro atoms. The quantitative estimate of drug-likeness (QED) is 0.679. The van der Waals surface area contributed by atoms with Gasteiger partial charge in [-0.25, -0.2) is 4.79 Å². The molecule has 1 aromatic carbocycles. The number of phenols is 1. The highest BCUT2D eigenvalue weighted by atomic mass is 16.5. The van der Waals surface area contributed by atoms with Crippen LogP contribution in [-0.2, 0) is 4.74 Å². The molecule has 0 saturated heterocycles.